The molecule has 2 heteroatoms. The SMILES string of the molecule is Cc1cc(N)c(O)c(-c2ccccc2)c1. The molecule has 0 aromatic heterocycles. The number of hydrogen-bond donors (Lipinski definition) is 2. The van der Waals surface area contributed by atoms with E-state index >= 15 is 0 Å². The highest BCUT2D eigenvalue weighted by atomic mass is 16.3. The number of phenols is 1. The van der Waals surface area contributed by atoms with Gasteiger partial charge in [0.25, 0.3) is 0 Å². The van der Waals surface area contributed by atoms with E-state index in [2.05, 4.69) is 0 Å². The first-order chi connectivity index (χ1) is 7.18. The van der Waals surface area contributed by atoms with Crippen LogP contribution in [-0.4, -0.2) is 5.11 Å². The molecular formula is C13H13NO. The fourth-order valence-electron chi connectivity index (χ4n) is 1.64. The van der Waals surface area contributed by atoms with E-state index in [1.807, 2.05) is 43.3 Å². The largest absolute Gasteiger partial charge is 0.505 e. The predicted molar refractivity (Wildman–Crippen MR) is 62.7 cm³/mol. The van der Waals surface area contributed by atoms with Gasteiger partial charge in [-0.1, -0.05) is 30.3 Å². The Kier molecular flexibility index (Phi) is 2.34. The number of benzene rings is 2. The number of aromatic hydroxyl groups is 1. The van der Waals surface area contributed by atoms with Crippen LogP contribution in [0.4, 0.5) is 5.69 Å². The molecule has 2 aromatic rings. The standard InChI is InChI=1S/C13H13NO/c1-9-7-11(13(15)12(14)8-9)10-5-3-2-4-6-10/h2-8,15H,14H2,1H3. The molecule has 2 nitrogen and oxygen atoms in total. The summed E-state index contributed by atoms with van der Waals surface area (Å²) in [4.78, 5) is 0. The van der Waals surface area contributed by atoms with E-state index in [4.69, 9.17) is 5.73 Å². The third kappa shape index (κ3) is 1.79. The van der Waals surface area contributed by atoms with Crippen LogP contribution in [-0.2, 0) is 0 Å². The van der Waals surface area contributed by atoms with Crippen LogP contribution in [0.25, 0.3) is 11.1 Å². The van der Waals surface area contributed by atoms with E-state index in [0.29, 0.717) is 5.69 Å². The van der Waals surface area contributed by atoms with Gasteiger partial charge in [-0.05, 0) is 30.2 Å². The second kappa shape index (κ2) is 3.65. The minimum atomic E-state index is 0.159. The normalized spacial score (nSPS) is 10.2. The fraction of sp³-hybridized carbons (Fsp3) is 0.0769. The van der Waals surface area contributed by atoms with Crippen molar-refractivity contribution in [2.45, 2.75) is 6.92 Å². The van der Waals surface area contributed by atoms with Crippen LogP contribution in [0.15, 0.2) is 42.5 Å². The molecule has 76 valence electrons. The molecule has 0 spiro atoms. The van der Waals surface area contributed by atoms with E-state index in [-0.39, 0.29) is 5.75 Å². The molecular weight excluding hydrogens is 186 g/mol. The van der Waals surface area contributed by atoms with Gasteiger partial charge in [0.15, 0.2) is 0 Å². The van der Waals surface area contributed by atoms with Crippen molar-refractivity contribution in [2.75, 3.05) is 5.73 Å². The molecule has 0 aliphatic heterocycles. The Morgan fingerprint density at radius 1 is 1.07 bits per heavy atom. The summed E-state index contributed by atoms with van der Waals surface area (Å²) in [6.45, 7) is 1.96. The zero-order valence-corrected chi connectivity index (χ0v) is 8.57. The first-order valence-electron chi connectivity index (χ1n) is 4.83. The molecule has 15 heavy (non-hydrogen) atoms. The molecule has 0 saturated heterocycles. The summed E-state index contributed by atoms with van der Waals surface area (Å²) >= 11 is 0. The fourth-order valence-corrected chi connectivity index (χ4v) is 1.64. The summed E-state index contributed by atoms with van der Waals surface area (Å²) in [6, 6.07) is 13.4. The lowest BCUT2D eigenvalue weighted by atomic mass is 10.0. The second-order valence-corrected chi connectivity index (χ2v) is 3.62. The number of nitrogen functional groups attached to an aromatic ring is 1. The lowest BCUT2D eigenvalue weighted by molar-refractivity contribution is 0.480. The van der Waals surface area contributed by atoms with Crippen molar-refractivity contribution in [3.63, 3.8) is 0 Å². The summed E-state index contributed by atoms with van der Waals surface area (Å²) in [6.07, 6.45) is 0. The van der Waals surface area contributed by atoms with Gasteiger partial charge in [0, 0.05) is 5.56 Å². The molecule has 0 atom stereocenters. The van der Waals surface area contributed by atoms with Crippen molar-refractivity contribution in [2.24, 2.45) is 0 Å². The maximum Gasteiger partial charge on any atom is 0.146 e. The summed E-state index contributed by atoms with van der Waals surface area (Å²) < 4.78 is 0. The maximum atomic E-state index is 9.85. The molecule has 0 radical (unpaired) electrons. The quantitative estimate of drug-likeness (QED) is 0.548. The summed E-state index contributed by atoms with van der Waals surface area (Å²) in [5, 5.41) is 9.85. The monoisotopic (exact) mass is 199 g/mol. The van der Waals surface area contributed by atoms with Crippen LogP contribution >= 0.6 is 0 Å². The third-order valence-corrected chi connectivity index (χ3v) is 2.37. The lowest BCUT2D eigenvalue weighted by Crippen LogP contribution is -1.89. The van der Waals surface area contributed by atoms with Gasteiger partial charge in [-0.25, -0.2) is 0 Å². The zero-order chi connectivity index (χ0) is 10.8. The van der Waals surface area contributed by atoms with E-state index in [9.17, 15) is 5.11 Å². The number of nitrogens with two attached hydrogens (primary N) is 1. The highest BCUT2D eigenvalue weighted by Gasteiger charge is 2.07. The Morgan fingerprint density at radius 2 is 1.73 bits per heavy atom. The number of rotatable bonds is 1. The number of hydrogen-bond acceptors (Lipinski definition) is 2. The Bertz CT molecular complexity index is 477. The van der Waals surface area contributed by atoms with Gasteiger partial charge in [-0.2, -0.15) is 0 Å². The molecule has 0 saturated carbocycles. The van der Waals surface area contributed by atoms with Crippen molar-refractivity contribution in [3.05, 3.63) is 48.0 Å². The van der Waals surface area contributed by atoms with E-state index in [1.54, 1.807) is 6.07 Å². The van der Waals surface area contributed by atoms with E-state index < -0.39 is 0 Å². The Balaban J connectivity index is 2.63. The van der Waals surface area contributed by atoms with Gasteiger partial charge < -0.3 is 10.8 Å². The van der Waals surface area contributed by atoms with Gasteiger partial charge in [0.05, 0.1) is 5.69 Å². The molecule has 0 amide bonds. The van der Waals surface area contributed by atoms with Crippen LogP contribution in [0.1, 0.15) is 5.56 Å². The highest BCUT2D eigenvalue weighted by Crippen LogP contribution is 2.34. The molecule has 3 N–H and O–H groups in total. The third-order valence-electron chi connectivity index (χ3n) is 2.37. The van der Waals surface area contributed by atoms with Crippen LogP contribution in [0, 0.1) is 6.92 Å². The highest BCUT2D eigenvalue weighted by molar-refractivity contribution is 5.77. The van der Waals surface area contributed by atoms with Crippen molar-refractivity contribution >= 4 is 5.69 Å². The van der Waals surface area contributed by atoms with E-state index in [1.165, 1.54) is 0 Å². The van der Waals surface area contributed by atoms with Gasteiger partial charge in [0.1, 0.15) is 5.75 Å². The molecule has 0 heterocycles. The Morgan fingerprint density at radius 3 is 2.40 bits per heavy atom. The minimum absolute atomic E-state index is 0.159. The summed E-state index contributed by atoms with van der Waals surface area (Å²) in [5.41, 5.74) is 8.94. The number of anilines is 1. The summed E-state index contributed by atoms with van der Waals surface area (Å²) in [5.74, 6) is 0.159. The molecule has 0 bridgehead atoms. The molecule has 0 aliphatic carbocycles. The molecule has 2 rings (SSSR count). The molecule has 0 aliphatic rings. The molecule has 0 unspecified atom stereocenters. The smallest absolute Gasteiger partial charge is 0.146 e. The van der Waals surface area contributed by atoms with Crippen LogP contribution < -0.4 is 5.73 Å². The first-order valence-corrected chi connectivity index (χ1v) is 4.83. The number of phenolic OH excluding ortho intramolecular Hbond substituents is 1. The van der Waals surface area contributed by atoms with Gasteiger partial charge >= 0.3 is 0 Å². The second-order valence-electron chi connectivity index (χ2n) is 3.62. The summed E-state index contributed by atoms with van der Waals surface area (Å²) in [7, 11) is 0. The average molecular weight is 199 g/mol. The van der Waals surface area contributed by atoms with Crippen LogP contribution in [0.3, 0.4) is 0 Å². The zero-order valence-electron chi connectivity index (χ0n) is 8.57. The van der Waals surface area contributed by atoms with Crippen LogP contribution in [0.5, 0.6) is 5.75 Å². The van der Waals surface area contributed by atoms with Gasteiger partial charge in [-0.3, -0.25) is 0 Å². The Labute approximate surface area is 89.0 Å². The van der Waals surface area contributed by atoms with E-state index in [0.717, 1.165) is 16.7 Å². The van der Waals surface area contributed by atoms with Crippen molar-refractivity contribution in [1.29, 1.82) is 0 Å². The average Bonchev–Trinajstić information content (AvgIpc) is 2.24. The maximum absolute atomic E-state index is 9.85. The van der Waals surface area contributed by atoms with Crippen molar-refractivity contribution < 1.29 is 5.11 Å². The topological polar surface area (TPSA) is 46.2 Å². The number of aryl methyl sites for hydroxylation is 1. The van der Waals surface area contributed by atoms with Crippen molar-refractivity contribution in [3.8, 4) is 16.9 Å². The van der Waals surface area contributed by atoms with Crippen molar-refractivity contribution in [1.82, 2.24) is 0 Å². The lowest BCUT2D eigenvalue weighted by Gasteiger charge is -2.08. The first kappa shape index (κ1) is 9.59. The van der Waals surface area contributed by atoms with Crippen LogP contribution in [0.2, 0.25) is 0 Å². The predicted octanol–water partition coefficient (Wildman–Crippen LogP) is 2.95. The molecule has 0 fully saturated rings. The van der Waals surface area contributed by atoms with Gasteiger partial charge in [-0.15, -0.1) is 0 Å². The Hall–Kier alpha value is -1.96. The molecule has 2 aromatic carbocycles. The minimum Gasteiger partial charge on any atom is -0.505 e. The van der Waals surface area contributed by atoms with Gasteiger partial charge in [0.2, 0.25) is 0 Å².